The maximum Gasteiger partial charge on any atom is 0.250 e. The maximum absolute atomic E-state index is 11.0. The molecule has 0 saturated carbocycles. The molecule has 6 heteroatoms. The molecule has 17 heavy (non-hydrogen) atoms. The van der Waals surface area contributed by atoms with Gasteiger partial charge in [-0.1, -0.05) is 11.6 Å². The normalized spacial score (nSPS) is 17.3. The predicted molar refractivity (Wildman–Crippen MR) is 66.3 cm³/mol. The van der Waals surface area contributed by atoms with E-state index in [1.54, 1.807) is 18.2 Å². The number of anilines is 1. The minimum Gasteiger partial charge on any atom is -0.385 e. The SMILES string of the molecule is NC(=O)c1ccc(NCC2(O)CNC2)cc1Cl. The van der Waals surface area contributed by atoms with Crippen molar-refractivity contribution in [3.8, 4) is 0 Å². The Morgan fingerprint density at radius 1 is 1.59 bits per heavy atom. The highest BCUT2D eigenvalue weighted by Gasteiger charge is 2.33. The molecule has 1 aromatic rings. The lowest BCUT2D eigenvalue weighted by molar-refractivity contribution is 0.00312. The van der Waals surface area contributed by atoms with Crippen molar-refractivity contribution in [2.75, 3.05) is 25.0 Å². The maximum atomic E-state index is 11.0. The summed E-state index contributed by atoms with van der Waals surface area (Å²) >= 11 is 5.91. The Morgan fingerprint density at radius 3 is 2.76 bits per heavy atom. The van der Waals surface area contributed by atoms with Crippen LogP contribution in [0.1, 0.15) is 10.4 Å². The molecule has 0 bridgehead atoms. The third kappa shape index (κ3) is 2.69. The molecule has 1 heterocycles. The summed E-state index contributed by atoms with van der Waals surface area (Å²) in [6.07, 6.45) is 0. The number of nitrogens with two attached hydrogens (primary N) is 1. The fraction of sp³-hybridized carbons (Fsp3) is 0.364. The number of benzene rings is 1. The van der Waals surface area contributed by atoms with Crippen LogP contribution in [0.3, 0.4) is 0 Å². The molecular formula is C11H14ClN3O2. The molecule has 92 valence electrons. The average Bonchev–Trinajstić information content (AvgIpc) is 2.23. The Kier molecular flexibility index (Phi) is 3.24. The first kappa shape index (κ1) is 12.2. The zero-order valence-electron chi connectivity index (χ0n) is 9.16. The second-order valence-corrected chi connectivity index (χ2v) is 4.65. The molecule has 0 radical (unpaired) electrons. The zero-order valence-corrected chi connectivity index (χ0v) is 9.92. The van der Waals surface area contributed by atoms with Crippen molar-refractivity contribution in [2.24, 2.45) is 5.73 Å². The second kappa shape index (κ2) is 4.52. The van der Waals surface area contributed by atoms with Crippen molar-refractivity contribution in [1.29, 1.82) is 0 Å². The summed E-state index contributed by atoms with van der Waals surface area (Å²) in [6, 6.07) is 4.90. The van der Waals surface area contributed by atoms with Gasteiger partial charge in [0.2, 0.25) is 5.91 Å². The smallest absolute Gasteiger partial charge is 0.250 e. The molecule has 1 amide bonds. The quantitative estimate of drug-likeness (QED) is 0.618. The molecule has 1 saturated heterocycles. The first-order chi connectivity index (χ1) is 8.00. The largest absolute Gasteiger partial charge is 0.385 e. The molecule has 1 aliphatic rings. The fourth-order valence-corrected chi connectivity index (χ4v) is 1.90. The van der Waals surface area contributed by atoms with E-state index in [0.717, 1.165) is 5.69 Å². The Labute approximate surface area is 104 Å². The van der Waals surface area contributed by atoms with Crippen LogP contribution in [0.25, 0.3) is 0 Å². The van der Waals surface area contributed by atoms with E-state index in [-0.39, 0.29) is 0 Å². The molecule has 1 aromatic carbocycles. The van der Waals surface area contributed by atoms with Gasteiger partial charge in [0, 0.05) is 25.3 Å². The lowest BCUT2D eigenvalue weighted by Gasteiger charge is -2.37. The first-order valence-corrected chi connectivity index (χ1v) is 5.64. The molecule has 1 fully saturated rings. The van der Waals surface area contributed by atoms with Gasteiger partial charge in [0.05, 0.1) is 10.6 Å². The summed E-state index contributed by atoms with van der Waals surface area (Å²) in [5.41, 5.74) is 5.49. The summed E-state index contributed by atoms with van der Waals surface area (Å²) in [5, 5.41) is 16.2. The number of carbonyl (C=O) groups excluding carboxylic acids is 1. The average molecular weight is 256 g/mol. The monoisotopic (exact) mass is 255 g/mol. The van der Waals surface area contributed by atoms with Crippen LogP contribution in [0, 0.1) is 0 Å². The number of rotatable bonds is 4. The predicted octanol–water partition coefficient (Wildman–Crippen LogP) is 0.185. The van der Waals surface area contributed by atoms with Crippen LogP contribution >= 0.6 is 11.6 Å². The molecule has 0 atom stereocenters. The Balaban J connectivity index is 2.02. The summed E-state index contributed by atoms with van der Waals surface area (Å²) < 4.78 is 0. The zero-order chi connectivity index (χ0) is 12.5. The van der Waals surface area contributed by atoms with Crippen LogP contribution in [-0.2, 0) is 0 Å². The number of halogens is 1. The highest BCUT2D eigenvalue weighted by atomic mass is 35.5. The van der Waals surface area contributed by atoms with Gasteiger partial charge in [-0.25, -0.2) is 0 Å². The lowest BCUT2D eigenvalue weighted by Crippen LogP contribution is -2.63. The van der Waals surface area contributed by atoms with Gasteiger partial charge in [0.15, 0.2) is 0 Å². The third-order valence-electron chi connectivity index (χ3n) is 2.76. The first-order valence-electron chi connectivity index (χ1n) is 5.26. The Hall–Kier alpha value is -1.30. The van der Waals surface area contributed by atoms with Gasteiger partial charge in [-0.15, -0.1) is 0 Å². The van der Waals surface area contributed by atoms with Gasteiger partial charge in [-0.3, -0.25) is 4.79 Å². The lowest BCUT2D eigenvalue weighted by atomic mass is 9.97. The molecule has 1 aliphatic heterocycles. The van der Waals surface area contributed by atoms with Gasteiger partial charge in [-0.2, -0.15) is 0 Å². The van der Waals surface area contributed by atoms with Crippen LogP contribution in [0.5, 0.6) is 0 Å². The van der Waals surface area contributed by atoms with Crippen molar-refractivity contribution < 1.29 is 9.90 Å². The fourth-order valence-electron chi connectivity index (χ4n) is 1.63. The highest BCUT2D eigenvalue weighted by Crippen LogP contribution is 2.21. The molecule has 5 nitrogen and oxygen atoms in total. The van der Waals surface area contributed by atoms with Crippen LogP contribution in [0.2, 0.25) is 5.02 Å². The number of β-amino-alcohol motifs (C(OH)–C–C–N with tert-alkyl or cyclic N) is 1. The number of amides is 1. The molecular weight excluding hydrogens is 242 g/mol. The van der Waals surface area contributed by atoms with Crippen molar-refractivity contribution in [3.63, 3.8) is 0 Å². The number of aliphatic hydroxyl groups is 1. The van der Waals surface area contributed by atoms with Crippen molar-refractivity contribution in [1.82, 2.24) is 5.32 Å². The second-order valence-electron chi connectivity index (χ2n) is 4.24. The minimum atomic E-state index is -0.700. The number of hydrogen-bond acceptors (Lipinski definition) is 4. The topological polar surface area (TPSA) is 87.4 Å². The summed E-state index contributed by atoms with van der Waals surface area (Å²) in [4.78, 5) is 11.0. The van der Waals surface area contributed by atoms with E-state index in [1.165, 1.54) is 0 Å². The Morgan fingerprint density at radius 2 is 2.29 bits per heavy atom. The van der Waals surface area contributed by atoms with E-state index in [9.17, 15) is 9.90 Å². The molecule has 0 unspecified atom stereocenters. The summed E-state index contributed by atoms with van der Waals surface area (Å²) in [6.45, 7) is 1.59. The molecule has 5 N–H and O–H groups in total. The number of hydrogen-bond donors (Lipinski definition) is 4. The van der Waals surface area contributed by atoms with Crippen LogP contribution in [-0.4, -0.2) is 36.2 Å². The van der Waals surface area contributed by atoms with E-state index in [1.807, 2.05) is 0 Å². The van der Waals surface area contributed by atoms with Crippen LogP contribution < -0.4 is 16.4 Å². The number of carbonyl (C=O) groups is 1. The summed E-state index contributed by atoms with van der Waals surface area (Å²) in [7, 11) is 0. The van der Waals surface area contributed by atoms with Crippen LogP contribution in [0.15, 0.2) is 18.2 Å². The van der Waals surface area contributed by atoms with Crippen molar-refractivity contribution >= 4 is 23.2 Å². The van der Waals surface area contributed by atoms with Gasteiger partial charge >= 0.3 is 0 Å². The molecule has 0 spiro atoms. The van der Waals surface area contributed by atoms with E-state index < -0.39 is 11.5 Å². The van der Waals surface area contributed by atoms with E-state index in [0.29, 0.717) is 30.2 Å². The van der Waals surface area contributed by atoms with Gasteiger partial charge < -0.3 is 21.5 Å². The Bertz CT molecular complexity index is 446. The number of primary amides is 1. The number of nitrogens with one attached hydrogen (secondary N) is 2. The molecule has 0 aliphatic carbocycles. The van der Waals surface area contributed by atoms with E-state index in [4.69, 9.17) is 17.3 Å². The van der Waals surface area contributed by atoms with Gasteiger partial charge in [0.25, 0.3) is 0 Å². The standard InChI is InChI=1S/C11H14ClN3O2/c12-9-3-7(1-2-8(9)10(13)16)15-6-11(17)4-14-5-11/h1-3,14-15,17H,4-6H2,(H2,13,16). The van der Waals surface area contributed by atoms with E-state index >= 15 is 0 Å². The van der Waals surface area contributed by atoms with Gasteiger partial charge in [0.1, 0.15) is 5.60 Å². The minimum absolute atomic E-state index is 0.293. The van der Waals surface area contributed by atoms with Crippen molar-refractivity contribution in [2.45, 2.75) is 5.60 Å². The molecule has 0 aromatic heterocycles. The highest BCUT2D eigenvalue weighted by molar-refractivity contribution is 6.34. The summed E-state index contributed by atoms with van der Waals surface area (Å²) in [5.74, 6) is -0.552. The van der Waals surface area contributed by atoms with Crippen LogP contribution in [0.4, 0.5) is 5.69 Å². The molecule has 2 rings (SSSR count). The van der Waals surface area contributed by atoms with E-state index in [2.05, 4.69) is 10.6 Å². The third-order valence-corrected chi connectivity index (χ3v) is 3.08. The van der Waals surface area contributed by atoms with Crippen molar-refractivity contribution in [3.05, 3.63) is 28.8 Å². The van der Waals surface area contributed by atoms with Gasteiger partial charge in [-0.05, 0) is 18.2 Å².